The molecule has 0 saturated carbocycles. The van der Waals surface area contributed by atoms with E-state index < -0.39 is 0 Å². The molecule has 0 spiro atoms. The van der Waals surface area contributed by atoms with Crippen LogP contribution in [-0.2, 0) is 4.74 Å². The van der Waals surface area contributed by atoms with Crippen LogP contribution in [0.1, 0.15) is 19.4 Å². The predicted octanol–water partition coefficient (Wildman–Crippen LogP) is 2.49. The number of hydrogen-bond donors (Lipinski definition) is 2. The van der Waals surface area contributed by atoms with Gasteiger partial charge in [0.05, 0.1) is 17.2 Å². The van der Waals surface area contributed by atoms with Crippen LogP contribution in [0.4, 0.5) is 0 Å². The SMILES string of the molecule is CC(C)COCCOc1cccc(Cl)c1/C(N)=N/O. The molecular weight excluding hydrogens is 268 g/mol. The van der Waals surface area contributed by atoms with Gasteiger partial charge in [0, 0.05) is 6.61 Å². The summed E-state index contributed by atoms with van der Waals surface area (Å²) in [5.74, 6) is 0.874. The van der Waals surface area contributed by atoms with E-state index in [1.165, 1.54) is 0 Å². The molecule has 0 unspecified atom stereocenters. The second-order valence-electron chi connectivity index (χ2n) is 4.42. The number of ether oxygens (including phenoxy) is 2. The fourth-order valence-corrected chi connectivity index (χ4v) is 1.72. The smallest absolute Gasteiger partial charge is 0.175 e. The molecule has 0 aromatic heterocycles. The van der Waals surface area contributed by atoms with Crippen LogP contribution in [0.2, 0.25) is 5.02 Å². The van der Waals surface area contributed by atoms with E-state index >= 15 is 0 Å². The summed E-state index contributed by atoms with van der Waals surface area (Å²) in [7, 11) is 0. The van der Waals surface area contributed by atoms with Crippen LogP contribution in [0, 0.1) is 5.92 Å². The van der Waals surface area contributed by atoms with E-state index in [-0.39, 0.29) is 5.84 Å². The summed E-state index contributed by atoms with van der Waals surface area (Å²) in [5.41, 5.74) is 5.96. The Labute approximate surface area is 117 Å². The molecule has 0 saturated heterocycles. The molecule has 3 N–H and O–H groups in total. The van der Waals surface area contributed by atoms with Crippen LogP contribution < -0.4 is 10.5 Å². The molecule has 0 radical (unpaired) electrons. The zero-order valence-electron chi connectivity index (χ0n) is 11.1. The van der Waals surface area contributed by atoms with Crippen LogP contribution in [0.15, 0.2) is 23.4 Å². The fraction of sp³-hybridized carbons (Fsp3) is 0.462. The molecule has 1 aromatic rings. The van der Waals surface area contributed by atoms with Crippen LogP contribution in [0.25, 0.3) is 0 Å². The summed E-state index contributed by atoms with van der Waals surface area (Å²) in [6, 6.07) is 5.10. The highest BCUT2D eigenvalue weighted by Gasteiger charge is 2.12. The zero-order chi connectivity index (χ0) is 14.3. The molecule has 1 aromatic carbocycles. The Kier molecular flexibility index (Phi) is 6.45. The van der Waals surface area contributed by atoms with Gasteiger partial charge in [0.15, 0.2) is 5.84 Å². The van der Waals surface area contributed by atoms with E-state index in [1.54, 1.807) is 18.2 Å². The van der Waals surface area contributed by atoms with Gasteiger partial charge in [-0.1, -0.05) is 36.7 Å². The van der Waals surface area contributed by atoms with Gasteiger partial charge in [-0.3, -0.25) is 0 Å². The lowest BCUT2D eigenvalue weighted by molar-refractivity contribution is 0.0818. The van der Waals surface area contributed by atoms with Gasteiger partial charge < -0.3 is 20.4 Å². The third-order valence-corrected chi connectivity index (χ3v) is 2.59. The molecule has 0 heterocycles. The average Bonchev–Trinajstić information content (AvgIpc) is 2.37. The van der Waals surface area contributed by atoms with E-state index in [2.05, 4.69) is 19.0 Å². The van der Waals surface area contributed by atoms with Gasteiger partial charge in [-0.15, -0.1) is 0 Å². The summed E-state index contributed by atoms with van der Waals surface area (Å²) in [6.07, 6.45) is 0. The lowest BCUT2D eigenvalue weighted by Crippen LogP contribution is -2.17. The van der Waals surface area contributed by atoms with Crippen molar-refractivity contribution in [3.05, 3.63) is 28.8 Å². The molecule has 0 bridgehead atoms. The quantitative estimate of drug-likeness (QED) is 0.265. The van der Waals surface area contributed by atoms with Gasteiger partial charge in [-0.2, -0.15) is 0 Å². The third kappa shape index (κ3) is 4.96. The molecule has 5 nitrogen and oxygen atoms in total. The maximum absolute atomic E-state index is 8.73. The largest absolute Gasteiger partial charge is 0.490 e. The van der Waals surface area contributed by atoms with Crippen molar-refractivity contribution in [3.63, 3.8) is 0 Å². The summed E-state index contributed by atoms with van der Waals surface area (Å²) in [4.78, 5) is 0. The Hall–Kier alpha value is -1.46. The van der Waals surface area contributed by atoms with Crippen molar-refractivity contribution >= 4 is 17.4 Å². The van der Waals surface area contributed by atoms with E-state index in [0.717, 1.165) is 0 Å². The van der Waals surface area contributed by atoms with Gasteiger partial charge in [-0.05, 0) is 18.1 Å². The highest BCUT2D eigenvalue weighted by atomic mass is 35.5. The third-order valence-electron chi connectivity index (χ3n) is 2.28. The van der Waals surface area contributed by atoms with E-state index in [4.69, 9.17) is 32.0 Å². The zero-order valence-corrected chi connectivity index (χ0v) is 11.9. The normalized spacial score (nSPS) is 11.9. The first-order chi connectivity index (χ1) is 9.06. The Morgan fingerprint density at radius 2 is 2.16 bits per heavy atom. The minimum Gasteiger partial charge on any atom is -0.490 e. The van der Waals surface area contributed by atoms with Crippen molar-refractivity contribution in [2.45, 2.75) is 13.8 Å². The predicted molar refractivity (Wildman–Crippen MR) is 75.1 cm³/mol. The van der Waals surface area contributed by atoms with Crippen molar-refractivity contribution in [2.24, 2.45) is 16.8 Å². The number of halogens is 1. The molecule has 0 aliphatic heterocycles. The second-order valence-corrected chi connectivity index (χ2v) is 4.82. The first-order valence-corrected chi connectivity index (χ1v) is 6.41. The van der Waals surface area contributed by atoms with Crippen molar-refractivity contribution in [1.82, 2.24) is 0 Å². The minimum atomic E-state index is -0.0799. The monoisotopic (exact) mass is 286 g/mol. The van der Waals surface area contributed by atoms with E-state index in [9.17, 15) is 0 Å². The molecule has 6 heteroatoms. The summed E-state index contributed by atoms with van der Waals surface area (Å²) >= 11 is 6.00. The number of hydrogen-bond acceptors (Lipinski definition) is 4. The number of oxime groups is 1. The van der Waals surface area contributed by atoms with Crippen molar-refractivity contribution in [3.8, 4) is 5.75 Å². The number of rotatable bonds is 7. The fourth-order valence-electron chi connectivity index (χ4n) is 1.45. The Balaban J connectivity index is 2.61. The number of benzene rings is 1. The minimum absolute atomic E-state index is 0.0799. The topological polar surface area (TPSA) is 77.1 Å². The molecule has 0 aliphatic carbocycles. The Bertz CT molecular complexity index is 436. The van der Waals surface area contributed by atoms with Gasteiger partial charge in [0.2, 0.25) is 0 Å². The number of nitrogens with two attached hydrogens (primary N) is 1. The number of amidine groups is 1. The molecule has 0 aliphatic rings. The Morgan fingerprint density at radius 3 is 2.79 bits per heavy atom. The highest BCUT2D eigenvalue weighted by molar-refractivity contribution is 6.34. The van der Waals surface area contributed by atoms with Gasteiger partial charge in [0.1, 0.15) is 12.4 Å². The molecule has 1 rings (SSSR count). The molecule has 0 atom stereocenters. The van der Waals surface area contributed by atoms with Crippen LogP contribution in [0.5, 0.6) is 5.75 Å². The standard InChI is InChI=1S/C13H19ClN2O3/c1-9(2)8-18-6-7-19-11-5-3-4-10(14)12(11)13(15)16-17/h3-5,9,17H,6-8H2,1-2H3,(H2,15,16). The van der Waals surface area contributed by atoms with E-state index in [1.807, 2.05) is 0 Å². The van der Waals surface area contributed by atoms with Crippen molar-refractivity contribution in [1.29, 1.82) is 0 Å². The average molecular weight is 287 g/mol. The van der Waals surface area contributed by atoms with Gasteiger partial charge in [0.25, 0.3) is 0 Å². The highest BCUT2D eigenvalue weighted by Crippen LogP contribution is 2.26. The summed E-state index contributed by atoms with van der Waals surface area (Å²) in [6.45, 7) is 5.69. The lowest BCUT2D eigenvalue weighted by Gasteiger charge is -2.12. The molecule has 0 fully saturated rings. The number of nitrogens with zero attached hydrogens (tertiary/aromatic N) is 1. The molecule has 19 heavy (non-hydrogen) atoms. The van der Waals surface area contributed by atoms with Crippen LogP contribution in [0.3, 0.4) is 0 Å². The molecular formula is C13H19ClN2O3. The van der Waals surface area contributed by atoms with Gasteiger partial charge in [-0.25, -0.2) is 0 Å². The summed E-state index contributed by atoms with van der Waals surface area (Å²) in [5, 5.41) is 12.0. The Morgan fingerprint density at radius 1 is 1.42 bits per heavy atom. The van der Waals surface area contributed by atoms with Crippen LogP contribution >= 0.6 is 11.6 Å². The maximum atomic E-state index is 8.73. The lowest BCUT2D eigenvalue weighted by atomic mass is 10.2. The molecule has 106 valence electrons. The molecule has 0 amide bonds. The van der Waals surface area contributed by atoms with Gasteiger partial charge >= 0.3 is 0 Å². The maximum Gasteiger partial charge on any atom is 0.175 e. The van der Waals surface area contributed by atoms with E-state index in [0.29, 0.717) is 42.1 Å². The summed E-state index contributed by atoms with van der Waals surface area (Å²) < 4.78 is 10.9. The van der Waals surface area contributed by atoms with Crippen molar-refractivity contribution < 1.29 is 14.7 Å². The van der Waals surface area contributed by atoms with Crippen LogP contribution in [-0.4, -0.2) is 30.9 Å². The first kappa shape index (κ1) is 15.6. The van der Waals surface area contributed by atoms with Crippen molar-refractivity contribution in [2.75, 3.05) is 19.8 Å². The second kappa shape index (κ2) is 7.86. The first-order valence-electron chi connectivity index (χ1n) is 6.03.